The highest BCUT2D eigenvalue weighted by Crippen LogP contribution is 2.29. The van der Waals surface area contributed by atoms with Gasteiger partial charge < -0.3 is 9.47 Å². The Bertz CT molecular complexity index is 596. The van der Waals surface area contributed by atoms with E-state index in [9.17, 15) is 8.78 Å². The number of methoxy groups -OCH3 is 1. The highest BCUT2D eigenvalue weighted by atomic mass is 19.3. The van der Waals surface area contributed by atoms with Crippen molar-refractivity contribution < 1.29 is 18.3 Å². The van der Waals surface area contributed by atoms with Gasteiger partial charge in [0.15, 0.2) is 0 Å². The van der Waals surface area contributed by atoms with E-state index in [0.29, 0.717) is 17.0 Å². The summed E-state index contributed by atoms with van der Waals surface area (Å²) in [5.74, 6) is 6.17. The lowest BCUT2D eigenvalue weighted by atomic mass is 10.0. The Morgan fingerprint density at radius 3 is 2.71 bits per heavy atom. The van der Waals surface area contributed by atoms with Crippen molar-refractivity contribution in [3.8, 4) is 11.5 Å². The molecule has 21 heavy (non-hydrogen) atoms. The molecule has 3 N–H and O–H groups in total. The molecule has 0 spiro atoms. The number of alkyl halides is 2. The predicted molar refractivity (Wildman–Crippen MR) is 73.0 cm³/mol. The second-order valence-electron chi connectivity index (χ2n) is 4.14. The van der Waals surface area contributed by atoms with Crippen molar-refractivity contribution in [3.05, 3.63) is 53.9 Å². The van der Waals surface area contributed by atoms with Crippen molar-refractivity contribution in [2.45, 2.75) is 12.7 Å². The average molecular weight is 295 g/mol. The van der Waals surface area contributed by atoms with Crippen LogP contribution in [0.3, 0.4) is 0 Å². The molecule has 0 aliphatic rings. The zero-order valence-electron chi connectivity index (χ0n) is 11.3. The third-order valence-electron chi connectivity index (χ3n) is 2.88. The average Bonchev–Trinajstić information content (AvgIpc) is 2.48. The highest BCUT2D eigenvalue weighted by molar-refractivity contribution is 5.39. The molecule has 2 aromatic rings. The fourth-order valence-electron chi connectivity index (χ4n) is 2.00. The number of halogens is 2. The maximum atomic E-state index is 12.3. The fraction of sp³-hybridized carbons (Fsp3) is 0.214. The van der Waals surface area contributed by atoms with Crippen molar-refractivity contribution in [2.24, 2.45) is 5.84 Å². The third kappa shape index (κ3) is 3.65. The lowest BCUT2D eigenvalue weighted by molar-refractivity contribution is -0.0498. The van der Waals surface area contributed by atoms with Crippen LogP contribution in [0.15, 0.2) is 42.6 Å². The molecule has 7 heteroatoms. The van der Waals surface area contributed by atoms with Gasteiger partial charge in [0, 0.05) is 6.20 Å². The van der Waals surface area contributed by atoms with Crippen LogP contribution >= 0.6 is 0 Å². The maximum absolute atomic E-state index is 12.3. The van der Waals surface area contributed by atoms with Gasteiger partial charge in [-0.15, -0.1) is 0 Å². The molecule has 0 radical (unpaired) electrons. The minimum absolute atomic E-state index is 0.0534. The minimum atomic E-state index is -2.88. The molecular weight excluding hydrogens is 280 g/mol. The van der Waals surface area contributed by atoms with E-state index in [-0.39, 0.29) is 5.75 Å². The molecular formula is C14H15F2N3O2. The number of hydrogen-bond acceptors (Lipinski definition) is 5. The Labute approximate surface area is 120 Å². The normalized spacial score (nSPS) is 12.2. The van der Waals surface area contributed by atoms with Crippen molar-refractivity contribution in [2.75, 3.05) is 7.11 Å². The Hall–Kier alpha value is -2.25. The number of hydrogen-bond donors (Lipinski definition) is 2. The van der Waals surface area contributed by atoms with Crippen LogP contribution in [0.25, 0.3) is 0 Å². The number of nitrogens with one attached hydrogen (secondary N) is 1. The molecule has 1 aromatic carbocycles. The van der Waals surface area contributed by atoms with Crippen LogP contribution in [0.2, 0.25) is 0 Å². The Kier molecular flexibility index (Phi) is 5.02. The van der Waals surface area contributed by atoms with E-state index in [4.69, 9.17) is 10.6 Å². The van der Waals surface area contributed by atoms with E-state index < -0.39 is 12.7 Å². The Morgan fingerprint density at radius 2 is 2.05 bits per heavy atom. The lowest BCUT2D eigenvalue weighted by Gasteiger charge is -2.19. The van der Waals surface area contributed by atoms with Crippen LogP contribution in [0.4, 0.5) is 8.78 Å². The summed E-state index contributed by atoms with van der Waals surface area (Å²) in [5, 5.41) is 0. The second kappa shape index (κ2) is 6.96. The number of aromatic nitrogens is 1. The third-order valence-corrected chi connectivity index (χ3v) is 2.88. The highest BCUT2D eigenvalue weighted by Gasteiger charge is 2.19. The largest absolute Gasteiger partial charge is 0.495 e. The number of rotatable bonds is 6. The first-order chi connectivity index (χ1) is 10.2. The van der Waals surface area contributed by atoms with Gasteiger partial charge in [0.05, 0.1) is 13.2 Å². The van der Waals surface area contributed by atoms with Gasteiger partial charge in [-0.25, -0.2) is 5.43 Å². The Morgan fingerprint density at radius 1 is 1.24 bits per heavy atom. The topological polar surface area (TPSA) is 69.4 Å². The summed E-state index contributed by atoms with van der Waals surface area (Å²) in [6, 6.07) is 9.22. The fourth-order valence-corrected chi connectivity index (χ4v) is 2.00. The van der Waals surface area contributed by atoms with Crippen molar-refractivity contribution in [1.82, 2.24) is 10.4 Å². The number of nitrogens with two attached hydrogens (primary N) is 1. The van der Waals surface area contributed by atoms with Gasteiger partial charge in [-0.05, 0) is 29.8 Å². The molecule has 0 aliphatic heterocycles. The molecule has 0 fully saturated rings. The van der Waals surface area contributed by atoms with Gasteiger partial charge >= 0.3 is 6.61 Å². The van der Waals surface area contributed by atoms with Gasteiger partial charge in [0.25, 0.3) is 0 Å². The zero-order valence-corrected chi connectivity index (χ0v) is 11.3. The summed E-state index contributed by atoms with van der Waals surface area (Å²) in [6.45, 7) is -2.88. The molecule has 1 heterocycles. The summed E-state index contributed by atoms with van der Waals surface area (Å²) in [5.41, 5.74) is 3.79. The number of benzene rings is 1. The van der Waals surface area contributed by atoms with Crippen LogP contribution < -0.4 is 20.7 Å². The Balaban J connectivity index is 2.37. The first-order valence-electron chi connectivity index (χ1n) is 6.15. The first kappa shape index (κ1) is 15.1. The summed E-state index contributed by atoms with van der Waals surface area (Å²) in [6.07, 6.45) is 1.60. The van der Waals surface area contributed by atoms with Crippen molar-refractivity contribution >= 4 is 0 Å². The second-order valence-corrected chi connectivity index (χ2v) is 4.14. The maximum Gasteiger partial charge on any atom is 0.387 e. The first-order valence-corrected chi connectivity index (χ1v) is 6.15. The predicted octanol–water partition coefficient (Wildman–Crippen LogP) is 2.24. The molecule has 0 bridgehead atoms. The van der Waals surface area contributed by atoms with Gasteiger partial charge in [-0.2, -0.15) is 8.78 Å². The minimum Gasteiger partial charge on any atom is -0.495 e. The van der Waals surface area contributed by atoms with Gasteiger partial charge in [0.1, 0.15) is 17.2 Å². The van der Waals surface area contributed by atoms with Crippen LogP contribution in [-0.2, 0) is 0 Å². The summed E-state index contributed by atoms with van der Waals surface area (Å²) < 4.78 is 34.2. The number of nitrogens with zero attached hydrogens (tertiary/aromatic N) is 1. The number of hydrazine groups is 1. The molecule has 112 valence electrons. The van der Waals surface area contributed by atoms with E-state index in [1.54, 1.807) is 30.5 Å². The van der Waals surface area contributed by atoms with E-state index in [0.717, 1.165) is 0 Å². The van der Waals surface area contributed by atoms with E-state index in [2.05, 4.69) is 15.1 Å². The summed E-state index contributed by atoms with van der Waals surface area (Å²) in [4.78, 5) is 4.23. The number of pyridine rings is 1. The van der Waals surface area contributed by atoms with E-state index in [1.165, 1.54) is 19.2 Å². The quantitative estimate of drug-likeness (QED) is 0.632. The van der Waals surface area contributed by atoms with Crippen molar-refractivity contribution in [1.29, 1.82) is 0 Å². The summed E-state index contributed by atoms with van der Waals surface area (Å²) >= 11 is 0. The molecule has 1 atom stereocenters. The molecule has 1 unspecified atom stereocenters. The van der Waals surface area contributed by atoms with E-state index >= 15 is 0 Å². The molecule has 0 amide bonds. The van der Waals surface area contributed by atoms with Gasteiger partial charge in [-0.3, -0.25) is 10.8 Å². The smallest absolute Gasteiger partial charge is 0.387 e. The molecule has 2 rings (SSSR count). The van der Waals surface area contributed by atoms with Crippen LogP contribution in [0.5, 0.6) is 11.5 Å². The van der Waals surface area contributed by atoms with Crippen LogP contribution in [0, 0.1) is 0 Å². The van der Waals surface area contributed by atoms with Gasteiger partial charge in [0.2, 0.25) is 0 Å². The SMILES string of the molecule is COc1cccnc1C(NN)c1cccc(OC(F)F)c1. The zero-order chi connectivity index (χ0) is 15.2. The lowest BCUT2D eigenvalue weighted by Crippen LogP contribution is -2.29. The molecule has 5 nitrogen and oxygen atoms in total. The van der Waals surface area contributed by atoms with Crippen LogP contribution in [0.1, 0.15) is 17.3 Å². The van der Waals surface area contributed by atoms with E-state index in [1.807, 2.05) is 0 Å². The summed E-state index contributed by atoms with van der Waals surface area (Å²) in [7, 11) is 1.52. The van der Waals surface area contributed by atoms with Crippen molar-refractivity contribution in [3.63, 3.8) is 0 Å². The van der Waals surface area contributed by atoms with Crippen LogP contribution in [-0.4, -0.2) is 18.7 Å². The molecule has 0 aliphatic carbocycles. The molecule has 0 saturated carbocycles. The monoisotopic (exact) mass is 295 g/mol. The molecule has 0 saturated heterocycles. The number of ether oxygens (including phenoxy) is 2. The molecule has 1 aromatic heterocycles. The van der Waals surface area contributed by atoms with Gasteiger partial charge in [-0.1, -0.05) is 12.1 Å². The standard InChI is InChI=1S/C14H15F2N3O2/c1-20-11-6-3-7-18-13(11)12(19-17)9-4-2-5-10(8-9)21-14(15)16/h2-8,12,14,19H,17H2,1H3.